The topological polar surface area (TPSA) is 70.4 Å². The number of thiocarbonyl (C=S) groups is 1. The average Bonchev–Trinajstić information content (AvgIpc) is 3.52. The van der Waals surface area contributed by atoms with Gasteiger partial charge in [0.1, 0.15) is 17.6 Å². The van der Waals surface area contributed by atoms with Crippen LogP contribution in [0, 0.1) is 12.8 Å². The molecule has 4 aromatic rings. The van der Waals surface area contributed by atoms with E-state index in [0.29, 0.717) is 32.4 Å². The molecule has 0 unspecified atom stereocenters. The van der Waals surface area contributed by atoms with Crippen LogP contribution in [-0.2, 0) is 4.79 Å². The van der Waals surface area contributed by atoms with Crippen LogP contribution in [0.1, 0.15) is 42.9 Å². The molecule has 2 N–H and O–H groups in total. The maximum atomic E-state index is 12.2. The first kappa shape index (κ1) is 26.2. The Hall–Kier alpha value is -3.39. The Morgan fingerprint density at radius 1 is 1.08 bits per heavy atom. The molecule has 0 radical (unpaired) electrons. The number of benzene rings is 2. The highest BCUT2D eigenvalue weighted by Gasteiger charge is 2.42. The van der Waals surface area contributed by atoms with E-state index in [9.17, 15) is 4.79 Å². The lowest BCUT2D eigenvalue weighted by molar-refractivity contribution is -0.118. The first-order valence-electron chi connectivity index (χ1n) is 12.2. The number of rotatable bonds is 6. The van der Waals surface area contributed by atoms with Gasteiger partial charge >= 0.3 is 0 Å². The summed E-state index contributed by atoms with van der Waals surface area (Å²) in [7, 11) is 0. The normalized spacial score (nSPS) is 17.1. The van der Waals surface area contributed by atoms with Crippen molar-refractivity contribution in [3.05, 3.63) is 100.0 Å². The molecule has 194 valence electrons. The van der Waals surface area contributed by atoms with Crippen molar-refractivity contribution in [2.75, 3.05) is 10.2 Å². The maximum absolute atomic E-state index is 12.2. The number of halogens is 2. The van der Waals surface area contributed by atoms with Crippen molar-refractivity contribution in [1.82, 2.24) is 10.3 Å². The van der Waals surface area contributed by atoms with Gasteiger partial charge in [-0.25, -0.2) is 0 Å². The average molecular weight is 566 g/mol. The molecule has 1 fully saturated rings. The Bertz CT molecular complexity index is 1510. The van der Waals surface area contributed by atoms with Gasteiger partial charge in [-0.2, -0.15) is 0 Å². The van der Waals surface area contributed by atoms with E-state index in [1.807, 2.05) is 80.3 Å². The van der Waals surface area contributed by atoms with E-state index < -0.39 is 0 Å². The molecule has 9 heteroatoms. The van der Waals surface area contributed by atoms with Crippen LogP contribution in [0.2, 0.25) is 10.0 Å². The summed E-state index contributed by atoms with van der Waals surface area (Å²) in [6, 6.07) is 20.3. The van der Waals surface area contributed by atoms with Crippen molar-refractivity contribution in [2.45, 2.75) is 32.9 Å². The summed E-state index contributed by atoms with van der Waals surface area (Å²) in [6.45, 7) is 5.63. The zero-order chi connectivity index (χ0) is 27.0. The van der Waals surface area contributed by atoms with Crippen molar-refractivity contribution in [1.29, 1.82) is 0 Å². The molecular formula is C29H26Cl2N4O2S. The molecule has 1 aliphatic heterocycles. The fraction of sp³-hybridized carbons (Fsp3) is 0.207. The molecule has 6 nitrogen and oxygen atoms in total. The molecule has 3 heterocycles. The van der Waals surface area contributed by atoms with Crippen LogP contribution in [0.5, 0.6) is 0 Å². The minimum Gasteiger partial charge on any atom is -0.459 e. The van der Waals surface area contributed by atoms with E-state index in [4.69, 9.17) is 39.8 Å². The first-order chi connectivity index (χ1) is 18.2. The van der Waals surface area contributed by atoms with Gasteiger partial charge in [-0.1, -0.05) is 55.2 Å². The smallest absolute Gasteiger partial charge is 0.226 e. The van der Waals surface area contributed by atoms with Gasteiger partial charge in [-0.3, -0.25) is 9.78 Å². The Labute approximate surface area is 237 Å². The summed E-state index contributed by atoms with van der Waals surface area (Å²) in [5, 5.41) is 7.89. The van der Waals surface area contributed by atoms with Gasteiger partial charge in [-0.05, 0) is 73.2 Å². The van der Waals surface area contributed by atoms with E-state index >= 15 is 0 Å². The quantitative estimate of drug-likeness (QED) is 0.233. The van der Waals surface area contributed by atoms with Crippen LogP contribution in [-0.4, -0.2) is 16.0 Å². The standard InChI is InChI=1S/C29H26Cl2N4O2S/c1-16(2)28(36)33-22-11-10-18(15-21(22)31)35-27(26(34-29(35)38)23-9-4-5-14-32-23)25-13-12-24(37-25)19-7-6-8-20(30)17(19)3/h4-16,26-27H,1-3H3,(H,33,36)(H,34,38)/t26-,27-/m1/s1. The fourth-order valence-corrected chi connectivity index (χ4v) is 5.23. The second-order valence-electron chi connectivity index (χ2n) is 9.42. The third-order valence-corrected chi connectivity index (χ3v) is 7.60. The van der Waals surface area contributed by atoms with Crippen molar-refractivity contribution < 1.29 is 9.21 Å². The van der Waals surface area contributed by atoms with E-state index in [-0.39, 0.29) is 23.9 Å². The van der Waals surface area contributed by atoms with Crippen LogP contribution in [0.25, 0.3) is 11.3 Å². The number of amides is 1. The third kappa shape index (κ3) is 5.01. The highest BCUT2D eigenvalue weighted by Crippen LogP contribution is 2.44. The van der Waals surface area contributed by atoms with E-state index in [1.165, 1.54) is 0 Å². The molecule has 0 spiro atoms. The molecule has 0 aliphatic carbocycles. The summed E-state index contributed by atoms with van der Waals surface area (Å²) in [5.74, 6) is 1.14. The number of carbonyl (C=O) groups excluding carboxylic acids is 1. The predicted octanol–water partition coefficient (Wildman–Crippen LogP) is 7.73. The number of pyridine rings is 1. The van der Waals surface area contributed by atoms with Gasteiger partial charge in [0.15, 0.2) is 5.11 Å². The highest BCUT2D eigenvalue weighted by molar-refractivity contribution is 7.80. The number of aromatic nitrogens is 1. The van der Waals surface area contributed by atoms with E-state index in [0.717, 1.165) is 22.5 Å². The number of furan rings is 1. The minimum absolute atomic E-state index is 0.106. The Kier molecular flexibility index (Phi) is 7.43. The van der Waals surface area contributed by atoms with Gasteiger partial charge in [0, 0.05) is 28.4 Å². The summed E-state index contributed by atoms with van der Waals surface area (Å²) < 4.78 is 6.46. The molecule has 1 saturated heterocycles. The number of carbonyl (C=O) groups is 1. The Morgan fingerprint density at radius 2 is 1.89 bits per heavy atom. The predicted molar refractivity (Wildman–Crippen MR) is 157 cm³/mol. The van der Waals surface area contributed by atoms with Crippen LogP contribution in [0.15, 0.2) is 77.3 Å². The van der Waals surface area contributed by atoms with Gasteiger partial charge < -0.3 is 20.0 Å². The lowest BCUT2D eigenvalue weighted by Gasteiger charge is -2.26. The first-order valence-corrected chi connectivity index (χ1v) is 13.4. The largest absolute Gasteiger partial charge is 0.459 e. The number of nitrogens with zero attached hydrogens (tertiary/aromatic N) is 2. The van der Waals surface area contributed by atoms with Crippen LogP contribution in [0.4, 0.5) is 11.4 Å². The molecule has 38 heavy (non-hydrogen) atoms. The SMILES string of the molecule is Cc1c(Cl)cccc1-c1ccc([C@@H]2[C@@H](c3ccccn3)NC(=S)N2c2ccc(NC(=O)C(C)C)c(Cl)c2)o1. The molecule has 1 amide bonds. The molecule has 2 atom stereocenters. The number of hydrogen-bond acceptors (Lipinski definition) is 4. The summed E-state index contributed by atoms with van der Waals surface area (Å²) in [4.78, 5) is 18.8. The zero-order valence-corrected chi connectivity index (χ0v) is 23.4. The molecule has 2 aromatic heterocycles. The summed E-state index contributed by atoms with van der Waals surface area (Å²) in [5.41, 5.74) is 3.99. The lowest BCUT2D eigenvalue weighted by atomic mass is 10.0. The summed E-state index contributed by atoms with van der Waals surface area (Å²) >= 11 is 18.8. The molecule has 0 bridgehead atoms. The Balaban J connectivity index is 1.56. The molecule has 5 rings (SSSR count). The molecule has 2 aromatic carbocycles. The summed E-state index contributed by atoms with van der Waals surface area (Å²) in [6.07, 6.45) is 1.76. The minimum atomic E-state index is -0.349. The number of hydrogen-bond donors (Lipinski definition) is 2. The second-order valence-corrected chi connectivity index (χ2v) is 10.6. The maximum Gasteiger partial charge on any atom is 0.226 e. The highest BCUT2D eigenvalue weighted by atomic mass is 35.5. The van der Waals surface area contributed by atoms with Crippen molar-refractivity contribution >= 4 is 57.8 Å². The van der Waals surface area contributed by atoms with Crippen LogP contribution in [0.3, 0.4) is 0 Å². The molecular weight excluding hydrogens is 539 g/mol. The van der Waals surface area contributed by atoms with E-state index in [2.05, 4.69) is 15.6 Å². The fourth-order valence-electron chi connectivity index (χ4n) is 4.49. The van der Waals surface area contributed by atoms with Gasteiger partial charge in [0.25, 0.3) is 0 Å². The Morgan fingerprint density at radius 3 is 2.61 bits per heavy atom. The van der Waals surface area contributed by atoms with Crippen LogP contribution < -0.4 is 15.5 Å². The van der Waals surface area contributed by atoms with Crippen molar-refractivity contribution in [3.8, 4) is 11.3 Å². The molecule has 0 saturated carbocycles. The monoisotopic (exact) mass is 564 g/mol. The van der Waals surface area contributed by atoms with Gasteiger partial charge in [0.05, 0.1) is 22.4 Å². The van der Waals surface area contributed by atoms with E-state index in [1.54, 1.807) is 18.3 Å². The number of anilines is 2. The third-order valence-electron chi connectivity index (χ3n) is 6.56. The second kappa shape index (κ2) is 10.8. The lowest BCUT2D eigenvalue weighted by Crippen LogP contribution is -2.29. The van der Waals surface area contributed by atoms with Crippen molar-refractivity contribution in [2.24, 2.45) is 5.92 Å². The number of nitrogens with one attached hydrogen (secondary N) is 2. The van der Waals surface area contributed by atoms with Crippen molar-refractivity contribution in [3.63, 3.8) is 0 Å². The molecule has 1 aliphatic rings. The van der Waals surface area contributed by atoms with Gasteiger partial charge in [0.2, 0.25) is 5.91 Å². The van der Waals surface area contributed by atoms with Crippen LogP contribution >= 0.6 is 35.4 Å². The zero-order valence-electron chi connectivity index (χ0n) is 21.0. The van der Waals surface area contributed by atoms with Gasteiger partial charge in [-0.15, -0.1) is 0 Å².